The molecule has 0 fully saturated rings. The van der Waals surface area contributed by atoms with E-state index < -0.39 is 0 Å². The lowest BCUT2D eigenvalue weighted by Gasteiger charge is -2.20. The van der Waals surface area contributed by atoms with Gasteiger partial charge in [-0.1, -0.05) is 6.58 Å². The molecule has 6 nitrogen and oxygen atoms in total. The average Bonchev–Trinajstić information content (AvgIpc) is 2.88. The molecule has 0 saturated carbocycles. The number of rotatable bonds is 1. The molecule has 0 aromatic carbocycles. The Bertz CT molecular complexity index is 673. The summed E-state index contributed by atoms with van der Waals surface area (Å²) in [5.41, 5.74) is 0.689. The Labute approximate surface area is 96.5 Å². The molecule has 1 aliphatic rings. The molecular formula is C11H10N4O2. The Morgan fingerprint density at radius 1 is 1.53 bits per heavy atom. The summed E-state index contributed by atoms with van der Waals surface area (Å²) in [4.78, 5) is 15.9. The second-order valence-corrected chi connectivity index (χ2v) is 3.72. The normalized spacial score (nSPS) is 14.2. The summed E-state index contributed by atoms with van der Waals surface area (Å²) >= 11 is 0. The van der Waals surface area contributed by atoms with Crippen LogP contribution in [0.2, 0.25) is 0 Å². The van der Waals surface area contributed by atoms with E-state index in [1.165, 1.54) is 10.7 Å². The number of hydrogen-bond donors (Lipinski definition) is 1. The third-order valence-electron chi connectivity index (χ3n) is 2.63. The second-order valence-electron chi connectivity index (χ2n) is 3.72. The zero-order chi connectivity index (χ0) is 12.0. The fourth-order valence-corrected chi connectivity index (χ4v) is 1.78. The van der Waals surface area contributed by atoms with Crippen LogP contribution in [-0.4, -0.2) is 15.2 Å². The molecule has 3 rings (SSSR count). The van der Waals surface area contributed by atoms with Gasteiger partial charge in [-0.05, 0) is 6.07 Å². The van der Waals surface area contributed by atoms with Gasteiger partial charge < -0.3 is 9.73 Å². The van der Waals surface area contributed by atoms with Gasteiger partial charge in [0, 0.05) is 13.1 Å². The van der Waals surface area contributed by atoms with Crippen molar-refractivity contribution in [2.75, 3.05) is 0 Å². The lowest BCUT2D eigenvalue weighted by Crippen LogP contribution is -2.31. The summed E-state index contributed by atoms with van der Waals surface area (Å²) in [5, 5.41) is 3.03. The Kier molecular flexibility index (Phi) is 1.85. The van der Waals surface area contributed by atoms with Crippen LogP contribution in [0.3, 0.4) is 0 Å². The summed E-state index contributed by atoms with van der Waals surface area (Å²) in [6, 6.07) is 3.25. The highest BCUT2D eigenvalue weighted by Gasteiger charge is 2.19. The van der Waals surface area contributed by atoms with Gasteiger partial charge in [0.05, 0.1) is 11.8 Å². The quantitative estimate of drug-likeness (QED) is 0.791. The van der Waals surface area contributed by atoms with Crippen LogP contribution >= 0.6 is 0 Å². The van der Waals surface area contributed by atoms with Crippen molar-refractivity contribution in [3.63, 3.8) is 0 Å². The van der Waals surface area contributed by atoms with E-state index in [1.807, 2.05) is 0 Å². The van der Waals surface area contributed by atoms with Gasteiger partial charge in [0.2, 0.25) is 0 Å². The molecule has 86 valence electrons. The summed E-state index contributed by atoms with van der Waals surface area (Å²) in [7, 11) is 1.66. The molecule has 0 aliphatic carbocycles. The zero-order valence-corrected chi connectivity index (χ0v) is 9.17. The lowest BCUT2D eigenvalue weighted by molar-refractivity contribution is 0.566. The van der Waals surface area contributed by atoms with Gasteiger partial charge >= 0.3 is 0 Å². The standard InChI is InChI=1S/C11H10N4O2/c1-7-12-11(8-3-4-17-6-8)13-9-5-10(16)14(2)15(7)9/h3-6H,1H2,2H3,(H,12,13). The van der Waals surface area contributed by atoms with Crippen molar-refractivity contribution in [2.24, 2.45) is 12.0 Å². The van der Waals surface area contributed by atoms with Crippen LogP contribution in [0.15, 0.2) is 45.4 Å². The summed E-state index contributed by atoms with van der Waals surface area (Å²) < 4.78 is 8.06. The predicted octanol–water partition coefficient (Wildman–Crippen LogP) is 0.889. The highest BCUT2D eigenvalue weighted by molar-refractivity contribution is 6.04. The number of amidine groups is 1. The van der Waals surface area contributed by atoms with Crippen molar-refractivity contribution >= 4 is 17.5 Å². The molecule has 0 saturated heterocycles. The summed E-state index contributed by atoms with van der Waals surface area (Å²) in [6.45, 7) is 3.87. The first-order valence-electron chi connectivity index (χ1n) is 5.03. The first-order chi connectivity index (χ1) is 8.16. The van der Waals surface area contributed by atoms with Gasteiger partial charge in [-0.15, -0.1) is 0 Å². The number of furan rings is 1. The van der Waals surface area contributed by atoms with Gasteiger partial charge in [-0.25, -0.2) is 14.4 Å². The second kappa shape index (κ2) is 3.24. The third kappa shape index (κ3) is 1.34. The van der Waals surface area contributed by atoms with Crippen LogP contribution < -0.4 is 10.9 Å². The molecule has 0 unspecified atom stereocenters. The van der Waals surface area contributed by atoms with Crippen molar-refractivity contribution in [1.82, 2.24) is 14.7 Å². The molecule has 6 heteroatoms. The van der Waals surface area contributed by atoms with Crippen LogP contribution in [0.25, 0.3) is 5.82 Å². The van der Waals surface area contributed by atoms with Gasteiger partial charge in [0.25, 0.3) is 5.56 Å². The average molecular weight is 230 g/mol. The summed E-state index contributed by atoms with van der Waals surface area (Å²) in [5.74, 6) is 1.75. The number of nitrogens with one attached hydrogen (secondary N) is 1. The maximum Gasteiger partial charge on any atom is 0.269 e. The van der Waals surface area contributed by atoms with Gasteiger partial charge in [0.1, 0.15) is 17.9 Å². The number of hydrogen-bond acceptors (Lipinski definition) is 4. The minimum absolute atomic E-state index is 0.125. The summed E-state index contributed by atoms with van der Waals surface area (Å²) in [6.07, 6.45) is 3.14. The van der Waals surface area contributed by atoms with Gasteiger partial charge in [0.15, 0.2) is 5.82 Å². The van der Waals surface area contributed by atoms with Crippen LogP contribution in [0.1, 0.15) is 5.56 Å². The van der Waals surface area contributed by atoms with Gasteiger partial charge in [-0.2, -0.15) is 0 Å². The Morgan fingerprint density at radius 2 is 2.35 bits per heavy atom. The molecule has 0 amide bonds. The molecule has 17 heavy (non-hydrogen) atoms. The molecule has 3 heterocycles. The topological polar surface area (TPSA) is 64.5 Å². The van der Waals surface area contributed by atoms with Crippen molar-refractivity contribution in [2.45, 2.75) is 0 Å². The molecule has 2 aromatic heterocycles. The molecule has 2 aromatic rings. The van der Waals surface area contributed by atoms with Crippen LogP contribution in [0.4, 0.5) is 5.82 Å². The first kappa shape index (κ1) is 9.71. The number of fused-ring (bicyclic) bond motifs is 1. The Balaban J connectivity index is 2.19. The van der Waals surface area contributed by atoms with E-state index in [9.17, 15) is 4.79 Å². The smallest absolute Gasteiger partial charge is 0.269 e. The molecule has 1 N–H and O–H groups in total. The van der Waals surface area contributed by atoms with Crippen molar-refractivity contribution < 1.29 is 4.42 Å². The molecule has 0 radical (unpaired) electrons. The Morgan fingerprint density at radius 3 is 3.06 bits per heavy atom. The van der Waals surface area contributed by atoms with Crippen molar-refractivity contribution in [1.29, 1.82) is 0 Å². The van der Waals surface area contributed by atoms with E-state index in [0.717, 1.165) is 5.56 Å². The zero-order valence-electron chi connectivity index (χ0n) is 9.17. The third-order valence-corrected chi connectivity index (χ3v) is 2.63. The highest BCUT2D eigenvalue weighted by atomic mass is 16.3. The predicted molar refractivity (Wildman–Crippen MR) is 63.0 cm³/mol. The van der Waals surface area contributed by atoms with Crippen LogP contribution in [0.5, 0.6) is 0 Å². The fraction of sp³-hybridized carbons (Fsp3) is 0.0909. The highest BCUT2D eigenvalue weighted by Crippen LogP contribution is 2.20. The number of nitrogens with zero attached hydrogens (tertiary/aromatic N) is 3. The maximum absolute atomic E-state index is 11.5. The molecule has 1 aliphatic heterocycles. The van der Waals surface area contributed by atoms with E-state index in [0.29, 0.717) is 17.5 Å². The molecular weight excluding hydrogens is 220 g/mol. The molecule has 0 atom stereocenters. The molecule has 0 spiro atoms. The fourth-order valence-electron chi connectivity index (χ4n) is 1.78. The number of aliphatic imine (C=N–C) groups is 1. The Hall–Kier alpha value is -2.50. The number of aromatic nitrogens is 2. The minimum atomic E-state index is -0.125. The van der Waals surface area contributed by atoms with Gasteiger partial charge in [-0.3, -0.25) is 4.79 Å². The van der Waals surface area contributed by atoms with E-state index in [1.54, 1.807) is 30.3 Å². The van der Waals surface area contributed by atoms with Crippen LogP contribution in [0, 0.1) is 0 Å². The largest absolute Gasteiger partial charge is 0.472 e. The van der Waals surface area contributed by atoms with Crippen molar-refractivity contribution in [3.8, 4) is 0 Å². The SMILES string of the molecule is C=C1NC(c2ccoc2)=Nc2cc(=O)n(C)n21. The molecule has 0 bridgehead atoms. The first-order valence-corrected chi connectivity index (χ1v) is 5.03. The van der Waals surface area contributed by atoms with Crippen LogP contribution in [-0.2, 0) is 7.05 Å². The minimum Gasteiger partial charge on any atom is -0.472 e. The lowest BCUT2D eigenvalue weighted by atomic mass is 10.3. The van der Waals surface area contributed by atoms with E-state index in [-0.39, 0.29) is 5.56 Å². The van der Waals surface area contributed by atoms with E-state index in [4.69, 9.17) is 4.42 Å². The monoisotopic (exact) mass is 230 g/mol. The van der Waals surface area contributed by atoms with E-state index in [2.05, 4.69) is 16.9 Å². The van der Waals surface area contributed by atoms with Crippen molar-refractivity contribution in [3.05, 3.63) is 47.2 Å². The maximum atomic E-state index is 11.5. The van der Waals surface area contributed by atoms with E-state index >= 15 is 0 Å².